The molecule has 1 fully saturated rings. The van der Waals surface area contributed by atoms with Crippen molar-refractivity contribution in [3.05, 3.63) is 64.2 Å². The second kappa shape index (κ2) is 7.60. The smallest absolute Gasteiger partial charge is 0.348 e. The molecule has 27 heavy (non-hydrogen) atoms. The van der Waals surface area contributed by atoms with Crippen LogP contribution in [-0.2, 0) is 17.5 Å². The number of benzene rings is 2. The summed E-state index contributed by atoms with van der Waals surface area (Å²) in [6.45, 7) is 0.422. The van der Waals surface area contributed by atoms with Crippen molar-refractivity contribution in [1.82, 2.24) is 5.32 Å². The Labute approximate surface area is 158 Å². The lowest BCUT2D eigenvalue weighted by Crippen LogP contribution is -2.29. The van der Waals surface area contributed by atoms with Gasteiger partial charge < -0.3 is 10.2 Å². The van der Waals surface area contributed by atoms with Crippen LogP contribution in [-0.4, -0.2) is 18.4 Å². The summed E-state index contributed by atoms with van der Waals surface area (Å²) in [5.74, 6) is -0.581. The average Bonchev–Trinajstić information content (AvgIpc) is 3.05. The first-order valence-corrected chi connectivity index (χ1v) is 8.68. The largest absolute Gasteiger partial charge is 0.416 e. The topological polar surface area (TPSA) is 49.4 Å². The van der Waals surface area contributed by atoms with Crippen LogP contribution in [0.5, 0.6) is 0 Å². The molecule has 2 aromatic rings. The minimum Gasteiger partial charge on any atom is -0.348 e. The van der Waals surface area contributed by atoms with Crippen LogP contribution in [0.25, 0.3) is 0 Å². The van der Waals surface area contributed by atoms with Crippen molar-refractivity contribution in [3.63, 3.8) is 0 Å². The lowest BCUT2D eigenvalue weighted by molar-refractivity contribution is -0.137. The molecule has 1 aliphatic rings. The molecule has 0 aliphatic carbocycles. The Morgan fingerprint density at radius 3 is 2.63 bits per heavy atom. The Bertz CT molecular complexity index is 883. The lowest BCUT2D eigenvalue weighted by Gasteiger charge is -2.20. The Hall–Kier alpha value is -2.54. The van der Waals surface area contributed by atoms with Crippen molar-refractivity contribution in [2.24, 2.45) is 0 Å². The van der Waals surface area contributed by atoms with E-state index in [2.05, 4.69) is 5.32 Å². The van der Waals surface area contributed by atoms with E-state index in [0.717, 1.165) is 12.1 Å². The highest BCUT2D eigenvalue weighted by Gasteiger charge is 2.30. The molecule has 0 saturated carbocycles. The maximum atomic E-state index is 12.8. The number of nitrogens with one attached hydrogen (secondary N) is 1. The molecule has 2 amide bonds. The number of hydrogen-bond donors (Lipinski definition) is 1. The molecule has 3 rings (SSSR count). The molecule has 1 aliphatic heterocycles. The van der Waals surface area contributed by atoms with Gasteiger partial charge in [-0.15, -0.1) is 0 Å². The summed E-state index contributed by atoms with van der Waals surface area (Å²) in [4.78, 5) is 26.1. The third-order valence-electron chi connectivity index (χ3n) is 4.28. The van der Waals surface area contributed by atoms with Gasteiger partial charge in [0.15, 0.2) is 0 Å². The van der Waals surface area contributed by atoms with Gasteiger partial charge >= 0.3 is 6.18 Å². The van der Waals surface area contributed by atoms with E-state index in [9.17, 15) is 22.8 Å². The summed E-state index contributed by atoms with van der Waals surface area (Å²) in [5, 5.41) is 2.99. The Balaban J connectivity index is 1.78. The minimum atomic E-state index is -4.44. The first kappa shape index (κ1) is 19.2. The molecule has 1 N–H and O–H groups in total. The Kier molecular flexibility index (Phi) is 5.41. The van der Waals surface area contributed by atoms with Crippen molar-refractivity contribution < 1.29 is 22.8 Å². The van der Waals surface area contributed by atoms with E-state index in [0.29, 0.717) is 35.7 Å². The highest BCUT2D eigenvalue weighted by molar-refractivity contribution is 6.31. The van der Waals surface area contributed by atoms with E-state index in [4.69, 9.17) is 11.6 Å². The fraction of sp³-hybridized carbons (Fsp3) is 0.263. The first-order chi connectivity index (χ1) is 12.8. The number of carbonyl (C=O) groups is 2. The maximum absolute atomic E-state index is 12.8. The fourth-order valence-electron chi connectivity index (χ4n) is 2.96. The molecule has 0 aromatic heterocycles. The molecule has 1 saturated heterocycles. The van der Waals surface area contributed by atoms with Crippen LogP contribution >= 0.6 is 11.6 Å². The molecule has 1 heterocycles. The summed E-state index contributed by atoms with van der Waals surface area (Å²) in [7, 11) is 0. The number of amides is 2. The quantitative estimate of drug-likeness (QED) is 0.832. The predicted molar refractivity (Wildman–Crippen MR) is 95.7 cm³/mol. The van der Waals surface area contributed by atoms with Crippen LogP contribution in [0.15, 0.2) is 42.5 Å². The highest BCUT2D eigenvalue weighted by Crippen LogP contribution is 2.30. The van der Waals surface area contributed by atoms with E-state index >= 15 is 0 Å². The van der Waals surface area contributed by atoms with Crippen LogP contribution in [0.4, 0.5) is 18.9 Å². The average molecular weight is 397 g/mol. The number of alkyl halides is 3. The zero-order valence-corrected chi connectivity index (χ0v) is 14.9. The van der Waals surface area contributed by atoms with Gasteiger partial charge in [0.25, 0.3) is 5.91 Å². The van der Waals surface area contributed by atoms with Crippen LogP contribution in [0.3, 0.4) is 0 Å². The summed E-state index contributed by atoms with van der Waals surface area (Å²) < 4.78 is 38.4. The van der Waals surface area contributed by atoms with Crippen LogP contribution in [0, 0.1) is 0 Å². The number of hydrogen-bond acceptors (Lipinski definition) is 2. The highest BCUT2D eigenvalue weighted by atomic mass is 35.5. The molecule has 0 spiro atoms. The monoisotopic (exact) mass is 396 g/mol. The summed E-state index contributed by atoms with van der Waals surface area (Å²) >= 11 is 6.00. The van der Waals surface area contributed by atoms with E-state index in [1.54, 1.807) is 6.07 Å². The number of anilines is 1. The van der Waals surface area contributed by atoms with E-state index < -0.39 is 17.6 Å². The lowest BCUT2D eigenvalue weighted by atomic mass is 10.1. The minimum absolute atomic E-state index is 0.0707. The summed E-state index contributed by atoms with van der Waals surface area (Å²) in [5.41, 5.74) is 0.211. The number of rotatable bonds is 4. The molecular weight excluding hydrogens is 381 g/mol. The zero-order chi connectivity index (χ0) is 19.6. The molecule has 0 radical (unpaired) electrons. The number of nitrogens with zero attached hydrogens (tertiary/aromatic N) is 1. The zero-order valence-electron chi connectivity index (χ0n) is 14.1. The van der Waals surface area contributed by atoms with Crippen LogP contribution < -0.4 is 10.2 Å². The van der Waals surface area contributed by atoms with Gasteiger partial charge in [-0.3, -0.25) is 9.59 Å². The van der Waals surface area contributed by atoms with E-state index in [1.165, 1.54) is 29.2 Å². The third kappa shape index (κ3) is 4.42. The molecule has 0 unspecified atom stereocenters. The predicted octanol–water partition coefficient (Wildman–Crippen LogP) is 4.42. The second-order valence-corrected chi connectivity index (χ2v) is 6.63. The third-order valence-corrected chi connectivity index (χ3v) is 4.51. The van der Waals surface area contributed by atoms with Gasteiger partial charge in [-0.1, -0.05) is 23.7 Å². The molecule has 2 aromatic carbocycles. The van der Waals surface area contributed by atoms with Gasteiger partial charge in [-0.2, -0.15) is 13.2 Å². The molecular formula is C19H16ClF3N2O2. The van der Waals surface area contributed by atoms with Gasteiger partial charge in [-0.05, 0) is 42.3 Å². The van der Waals surface area contributed by atoms with Gasteiger partial charge in [0.2, 0.25) is 5.91 Å². The van der Waals surface area contributed by atoms with Crippen molar-refractivity contribution in [2.75, 3.05) is 11.4 Å². The van der Waals surface area contributed by atoms with Crippen LogP contribution in [0.1, 0.15) is 34.3 Å². The van der Waals surface area contributed by atoms with Crippen molar-refractivity contribution in [3.8, 4) is 0 Å². The molecule has 8 heteroatoms. The standard InChI is InChI=1S/C19H16ClF3N2O2/c20-14-6-7-15(16(10-14)25-8-2-5-17(25)26)18(27)24-11-12-3-1-4-13(9-12)19(21,22)23/h1,3-4,6-7,9-10H,2,5,8,11H2,(H,24,27). The summed E-state index contributed by atoms with van der Waals surface area (Å²) in [6, 6.07) is 9.34. The van der Waals surface area contributed by atoms with Gasteiger partial charge in [0, 0.05) is 24.5 Å². The molecule has 4 nitrogen and oxygen atoms in total. The van der Waals surface area contributed by atoms with Crippen LogP contribution in [0.2, 0.25) is 5.02 Å². The van der Waals surface area contributed by atoms with Crippen molar-refractivity contribution in [1.29, 1.82) is 0 Å². The first-order valence-electron chi connectivity index (χ1n) is 8.30. The van der Waals surface area contributed by atoms with E-state index in [-0.39, 0.29) is 18.0 Å². The maximum Gasteiger partial charge on any atom is 0.416 e. The fourth-order valence-corrected chi connectivity index (χ4v) is 3.12. The number of carbonyl (C=O) groups excluding carboxylic acids is 2. The molecule has 0 atom stereocenters. The summed E-state index contributed by atoms with van der Waals surface area (Å²) in [6.07, 6.45) is -3.35. The molecule has 142 valence electrons. The van der Waals surface area contributed by atoms with Crippen molar-refractivity contribution >= 4 is 29.1 Å². The molecule has 0 bridgehead atoms. The Morgan fingerprint density at radius 2 is 1.96 bits per heavy atom. The number of halogens is 4. The SMILES string of the molecule is O=C(NCc1cccc(C(F)(F)F)c1)c1ccc(Cl)cc1N1CCCC1=O. The van der Waals surface area contributed by atoms with Gasteiger partial charge in [0.1, 0.15) is 0 Å². The van der Waals surface area contributed by atoms with E-state index in [1.807, 2.05) is 0 Å². The second-order valence-electron chi connectivity index (χ2n) is 6.19. The van der Waals surface area contributed by atoms with Gasteiger partial charge in [0.05, 0.1) is 16.8 Å². The van der Waals surface area contributed by atoms with Crippen molar-refractivity contribution in [2.45, 2.75) is 25.6 Å². The normalized spacial score (nSPS) is 14.5. The Morgan fingerprint density at radius 1 is 1.19 bits per heavy atom. The van der Waals surface area contributed by atoms with Gasteiger partial charge in [-0.25, -0.2) is 0 Å².